The van der Waals surface area contributed by atoms with Gasteiger partial charge in [-0.3, -0.25) is 56.0 Å². The number of nitro benzene ring substituents is 3. The van der Waals surface area contributed by atoms with E-state index in [0.717, 1.165) is 107 Å². The van der Waals surface area contributed by atoms with E-state index in [1.807, 2.05) is 158 Å². The molecule has 4 heterocycles. The van der Waals surface area contributed by atoms with Gasteiger partial charge in [0.15, 0.2) is 0 Å². The lowest BCUT2D eigenvalue weighted by Crippen LogP contribution is -2.49. The zero-order valence-electron chi connectivity index (χ0n) is 68.6. The van der Waals surface area contributed by atoms with Gasteiger partial charge in [0.05, 0.1) is 83.0 Å². The Morgan fingerprint density at radius 3 is 0.828 bits per heavy atom. The molecule has 0 radical (unpaired) electrons. The first-order valence-electron chi connectivity index (χ1n) is 38.8. The number of nitrogens with two attached hydrogens (primary N) is 3. The number of hydrazine groups is 1. The van der Waals surface area contributed by atoms with E-state index in [-0.39, 0.29) is 59.7 Å². The molecule has 0 aliphatic heterocycles. The van der Waals surface area contributed by atoms with Crippen molar-refractivity contribution in [2.75, 3.05) is 34.1 Å². The first kappa shape index (κ1) is 96.3. The highest BCUT2D eigenvalue weighted by molar-refractivity contribution is 7.10. The Balaban J connectivity index is 0.000000225. The quantitative estimate of drug-likeness (QED) is 0.00589. The number of aromatic nitrogens is 4. The predicted molar refractivity (Wildman–Crippen MR) is 472 cm³/mol. The fraction of sp³-hybridized carbons (Fsp3) is 0.302. The lowest BCUT2D eigenvalue weighted by molar-refractivity contribution is -0.385. The second-order valence-electron chi connectivity index (χ2n) is 27.2. The van der Waals surface area contributed by atoms with Gasteiger partial charge in [-0.25, -0.2) is 34.3 Å². The molecule has 0 saturated carbocycles. The van der Waals surface area contributed by atoms with Gasteiger partial charge in [0.2, 0.25) is 17.7 Å². The molecule has 36 heteroatoms. The Kier molecular flexibility index (Phi) is 40.2. The number of nitrogens with one attached hydrogen (secondary N) is 7. The number of nitrogens with zero attached hydrogens (tertiary/aromatic N) is 7. The first-order chi connectivity index (χ1) is 58.8. The van der Waals surface area contributed by atoms with Crippen LogP contribution in [-0.4, -0.2) is 117 Å². The van der Waals surface area contributed by atoms with Gasteiger partial charge in [0.1, 0.15) is 38.2 Å². The molecule has 0 saturated heterocycles. The van der Waals surface area contributed by atoms with Crippen molar-refractivity contribution in [3.8, 4) is 0 Å². The lowest BCUT2D eigenvalue weighted by atomic mass is 10.0. The maximum atomic E-state index is 13.3. The van der Waals surface area contributed by atoms with Gasteiger partial charge in [-0.2, -0.15) is 0 Å². The van der Waals surface area contributed by atoms with Crippen LogP contribution in [-0.2, 0) is 99.2 Å². The highest BCUT2D eigenvalue weighted by Crippen LogP contribution is 2.29. The van der Waals surface area contributed by atoms with Gasteiger partial charge >= 0.3 is 18.3 Å². The van der Waals surface area contributed by atoms with Crippen LogP contribution >= 0.6 is 45.3 Å². The number of non-ortho nitro benzene ring substituents is 3. The van der Waals surface area contributed by atoms with Crippen LogP contribution in [0, 0.1) is 30.3 Å². The molecule has 644 valence electrons. The molecule has 13 N–H and O–H groups in total. The highest BCUT2D eigenvalue weighted by Gasteiger charge is 2.31. The fourth-order valence-corrected chi connectivity index (χ4v) is 15.5. The van der Waals surface area contributed by atoms with Crippen LogP contribution in [0.2, 0.25) is 0 Å². The number of hydrogen-bond donors (Lipinski definition) is 10. The molecule has 0 unspecified atom stereocenters. The van der Waals surface area contributed by atoms with Crippen molar-refractivity contribution >= 4 is 104 Å². The number of thiazole rings is 4. The molecule has 0 bridgehead atoms. The fourth-order valence-electron chi connectivity index (χ4n) is 11.8. The number of nitrogen functional groups attached to an aromatic ring is 1. The first-order valence-corrected chi connectivity index (χ1v) is 42.3. The number of alkyl carbamates (subject to hydrolysis) is 3. The topological polar surface area (TPSA) is 473 Å². The number of carbonyl (C=O) groups excluding carboxylic acids is 6. The van der Waals surface area contributed by atoms with Gasteiger partial charge in [-0.15, -0.1) is 45.3 Å². The lowest BCUT2D eigenvalue weighted by Gasteiger charge is -2.22. The summed E-state index contributed by atoms with van der Waals surface area (Å²) >= 11 is 5.96. The Labute approximate surface area is 722 Å². The summed E-state index contributed by atoms with van der Waals surface area (Å²) in [5, 5.41) is 60.6. The van der Waals surface area contributed by atoms with Crippen molar-refractivity contribution in [1.82, 2.24) is 57.3 Å². The number of rotatable bonds is 34. The number of hydrogen-bond acceptors (Lipinski definition) is 27. The van der Waals surface area contributed by atoms with E-state index in [4.69, 9.17) is 25.7 Å². The number of benzene rings is 7. The molecule has 0 spiro atoms. The summed E-state index contributed by atoms with van der Waals surface area (Å²) in [6.45, 7) is 8.10. The van der Waals surface area contributed by atoms with Crippen molar-refractivity contribution in [2.45, 2.75) is 141 Å². The van der Waals surface area contributed by atoms with E-state index in [9.17, 15) is 59.1 Å². The van der Waals surface area contributed by atoms with Crippen molar-refractivity contribution in [2.24, 2.45) is 11.6 Å². The van der Waals surface area contributed by atoms with Crippen molar-refractivity contribution < 1.29 is 57.7 Å². The average molecular weight is 1740 g/mol. The Hall–Kier alpha value is -12.8. The number of aryl methyl sites for hydroxylation is 4. The van der Waals surface area contributed by atoms with Crippen molar-refractivity contribution in [3.63, 3.8) is 0 Å². The largest absolute Gasteiger partial charge is 0.453 e. The summed E-state index contributed by atoms with van der Waals surface area (Å²) in [5.41, 5.74) is 25.1. The Bertz CT molecular complexity index is 4910. The standard InChI is InChI=1S/2C24H26N4O5S.C24H28N4O3S.C13H15N3O2S.CH6N2/c2*1-3-18-15-34-23(25-18)21(14-17-9-11-19(12-10-17)28(31)32)26-22(29)20(27-24(30)33-2)13-16-7-5-4-6-8-16;1-3-19-15-32-23(26-19)21(14-17-9-11-18(25)12-10-17)27-22(29)20(28-24(30)31-2)13-16-7-5-4-6-8-16;1-2-10-8-19-13(15-10)12(14)7-9-3-5-11(6-4-9)16(17)18;1-3-2/h2*4-12,15,20-21H,3,13-14H2,1-2H3,(H,26,29)(H,27,30);4-12,15,20-21H,3,13-14,25H2,1-2H3,(H,27,29)(H,28,30);3-6,8,12H,2,7,14H2,1H3;3H,2H2,1H3/t3*20-,21-;12-;/m0000./s1. The van der Waals surface area contributed by atoms with E-state index in [2.05, 4.69) is 70.0 Å². The summed E-state index contributed by atoms with van der Waals surface area (Å²) in [5.74, 6) is 3.54. The van der Waals surface area contributed by atoms with Crippen LogP contribution in [0.25, 0.3) is 0 Å². The number of methoxy groups -OCH3 is 3. The zero-order valence-corrected chi connectivity index (χ0v) is 71.9. The van der Waals surface area contributed by atoms with Gasteiger partial charge < -0.3 is 57.6 Å². The number of anilines is 1. The van der Waals surface area contributed by atoms with Gasteiger partial charge in [-0.1, -0.05) is 167 Å². The average Bonchev–Trinajstić information content (AvgIpc) is 1.68. The third-order valence-electron chi connectivity index (χ3n) is 18.3. The molecule has 32 nitrogen and oxygen atoms in total. The van der Waals surface area contributed by atoms with E-state index in [1.165, 1.54) is 91.7 Å². The number of carbonyl (C=O) groups is 6. The predicted octanol–water partition coefficient (Wildman–Crippen LogP) is 13.6. The third-order valence-corrected chi connectivity index (χ3v) is 22.4. The summed E-state index contributed by atoms with van der Waals surface area (Å²) in [4.78, 5) is 125. The number of amides is 6. The summed E-state index contributed by atoms with van der Waals surface area (Å²) < 4.78 is 14.1. The minimum atomic E-state index is -0.861. The Morgan fingerprint density at radius 1 is 0.361 bits per heavy atom. The molecule has 0 aliphatic carbocycles. The molecule has 7 aromatic carbocycles. The second kappa shape index (κ2) is 50.9. The molecule has 0 aliphatic rings. The van der Waals surface area contributed by atoms with E-state index >= 15 is 0 Å². The molecule has 11 aromatic rings. The minimum Gasteiger partial charge on any atom is -0.453 e. The maximum Gasteiger partial charge on any atom is 0.407 e. The van der Waals surface area contributed by atoms with Crippen molar-refractivity contribution in [1.29, 1.82) is 0 Å². The second-order valence-corrected chi connectivity index (χ2v) is 30.7. The summed E-state index contributed by atoms with van der Waals surface area (Å²) in [6, 6.07) is 50.7. The molecule has 4 aromatic heterocycles. The molecule has 6 amide bonds. The van der Waals surface area contributed by atoms with E-state index in [1.54, 1.807) is 54.8 Å². The SMILES string of the molecule is CCc1csc([C@@H](N)Cc2ccc([N+](=O)[O-])cc2)n1.CCc1csc([C@H](Cc2ccc(N)cc2)NC(=O)[C@H](Cc2ccccc2)NC(=O)OC)n1.CCc1csc([C@H](Cc2ccc([N+](=O)[O-])cc2)NC(=O)[C@H](Cc2ccccc2)NC(=O)OC)n1.CCc1csc([C@H](Cc2ccc([N+](=O)[O-])cc2)NC(=O)[C@H](Cc2ccccc2)NC(=O)OC)n1.CNN. The van der Waals surface area contributed by atoms with Crippen LogP contribution in [0.5, 0.6) is 0 Å². The molecule has 0 fully saturated rings. The highest BCUT2D eigenvalue weighted by atomic mass is 32.1. The van der Waals surface area contributed by atoms with Crippen molar-refractivity contribution in [3.05, 3.63) is 322 Å². The van der Waals surface area contributed by atoms with Gasteiger partial charge in [0, 0.05) is 82.9 Å². The van der Waals surface area contributed by atoms with E-state index < -0.39 is 63.3 Å². The molecule has 122 heavy (non-hydrogen) atoms. The maximum absolute atomic E-state index is 13.3. The third kappa shape index (κ3) is 32.4. The molecular weight excluding hydrogens is 1640 g/mol. The monoisotopic (exact) mass is 1740 g/mol. The smallest absolute Gasteiger partial charge is 0.407 e. The van der Waals surface area contributed by atoms with Crippen LogP contribution < -0.4 is 54.6 Å². The van der Waals surface area contributed by atoms with Crippen LogP contribution in [0.4, 0.5) is 37.1 Å². The number of nitro groups is 3. The summed E-state index contributed by atoms with van der Waals surface area (Å²) in [6.07, 6.45) is 4.05. The Morgan fingerprint density at radius 2 is 0.590 bits per heavy atom. The van der Waals surface area contributed by atoms with Crippen LogP contribution in [0.15, 0.2) is 210 Å². The van der Waals surface area contributed by atoms with Crippen LogP contribution in [0.1, 0.15) is 134 Å². The minimum absolute atomic E-state index is 0.00273. The zero-order chi connectivity index (χ0) is 88.5. The molecular formula is C86H101N17O15S4. The molecule has 7 atom stereocenters. The summed E-state index contributed by atoms with van der Waals surface area (Å²) in [7, 11) is 5.41. The van der Waals surface area contributed by atoms with Gasteiger partial charge in [0.25, 0.3) is 17.1 Å². The van der Waals surface area contributed by atoms with Crippen LogP contribution in [0.3, 0.4) is 0 Å². The molecule has 11 rings (SSSR count). The van der Waals surface area contributed by atoms with Gasteiger partial charge in [-0.05, 0) is 109 Å². The normalized spacial score (nSPS) is 12.3. The van der Waals surface area contributed by atoms with E-state index in [0.29, 0.717) is 37.8 Å². The number of ether oxygens (including phenoxy) is 3.